The first-order chi connectivity index (χ1) is 25.6. The molecule has 5 aromatic rings. The molecule has 270 valence electrons. The molecule has 11 nitrogen and oxygen atoms in total. The predicted molar refractivity (Wildman–Crippen MR) is 202 cm³/mol. The summed E-state index contributed by atoms with van der Waals surface area (Å²) in [5, 5.41) is 5.48. The SMILES string of the molecule is CC(=O)c1nn2c3c(cc(-c4cnc(C)nc4)cc13)CCCC=CCc1cccc(n1)OC[C@@]13C[C@@H](C(=O)Cc4nc(Br)ccc4C)N(C(=O)C2)[C@@H]1C3. The van der Waals surface area contributed by atoms with Crippen molar-refractivity contribution in [1.29, 1.82) is 0 Å². The summed E-state index contributed by atoms with van der Waals surface area (Å²) in [6.07, 6.45) is 12.2. The van der Waals surface area contributed by atoms with Gasteiger partial charge in [-0.25, -0.2) is 19.9 Å². The Labute approximate surface area is 316 Å². The number of carbonyl (C=O) groups is 3. The molecule has 1 aliphatic carbocycles. The van der Waals surface area contributed by atoms with Gasteiger partial charge in [0, 0.05) is 59.9 Å². The van der Waals surface area contributed by atoms with Gasteiger partial charge < -0.3 is 9.64 Å². The number of halogens is 1. The fourth-order valence-electron chi connectivity index (χ4n) is 7.97. The normalized spacial score (nSPS) is 21.4. The smallest absolute Gasteiger partial charge is 0.245 e. The molecule has 3 atom stereocenters. The highest BCUT2D eigenvalue weighted by molar-refractivity contribution is 9.10. The third kappa shape index (κ3) is 6.92. The number of amides is 1. The number of aromatic nitrogens is 6. The number of piperidine rings is 1. The summed E-state index contributed by atoms with van der Waals surface area (Å²) in [6, 6.07) is 12.8. The molecule has 1 saturated carbocycles. The molecule has 1 saturated heterocycles. The van der Waals surface area contributed by atoms with Gasteiger partial charge in [-0.1, -0.05) is 24.3 Å². The zero-order valence-corrected chi connectivity index (χ0v) is 31.6. The number of allylic oxidation sites excluding steroid dienone is 2. The molecule has 53 heavy (non-hydrogen) atoms. The number of ketones is 2. The number of rotatable bonds is 5. The molecule has 12 heteroatoms. The molecule has 0 unspecified atom stereocenters. The topological polar surface area (TPSA) is 133 Å². The first-order valence-corrected chi connectivity index (χ1v) is 18.9. The van der Waals surface area contributed by atoms with Gasteiger partial charge in [-0.2, -0.15) is 5.10 Å². The van der Waals surface area contributed by atoms with Gasteiger partial charge in [-0.05, 0) is 103 Å². The molecule has 2 aliphatic heterocycles. The molecule has 1 amide bonds. The molecule has 1 aromatic carbocycles. The van der Waals surface area contributed by atoms with Crippen LogP contribution in [0.4, 0.5) is 0 Å². The van der Waals surface area contributed by atoms with E-state index in [1.807, 2.05) is 50.2 Å². The van der Waals surface area contributed by atoms with Gasteiger partial charge in [0.25, 0.3) is 0 Å². The minimum atomic E-state index is -0.651. The quantitative estimate of drug-likeness (QED) is 0.111. The zero-order chi connectivity index (χ0) is 36.9. The number of nitrogens with zero attached hydrogens (tertiary/aromatic N) is 7. The molecular formula is C41H40BrN7O4. The second-order valence-corrected chi connectivity index (χ2v) is 15.4. The molecule has 0 spiro atoms. The van der Waals surface area contributed by atoms with Crippen molar-refractivity contribution in [3.63, 3.8) is 0 Å². The van der Waals surface area contributed by atoms with E-state index in [4.69, 9.17) is 14.8 Å². The molecule has 6 heterocycles. The first kappa shape index (κ1) is 35.0. The number of fused-ring (bicyclic) bond motifs is 2. The maximum atomic E-state index is 14.7. The summed E-state index contributed by atoms with van der Waals surface area (Å²) in [5.74, 6) is 0.740. The van der Waals surface area contributed by atoms with Gasteiger partial charge in [0.1, 0.15) is 22.7 Å². The fraction of sp³-hybridized carbons (Fsp3) is 0.366. The monoisotopic (exact) mass is 773 g/mol. The lowest BCUT2D eigenvalue weighted by Crippen LogP contribution is -2.45. The first-order valence-electron chi connectivity index (χ1n) is 18.1. The number of pyridine rings is 2. The van der Waals surface area contributed by atoms with Gasteiger partial charge in [-0.3, -0.25) is 19.1 Å². The number of benzene rings is 1. The van der Waals surface area contributed by atoms with Crippen LogP contribution in [0.1, 0.15) is 71.4 Å². The van der Waals surface area contributed by atoms with Gasteiger partial charge in [0.05, 0.1) is 30.3 Å². The average Bonchev–Trinajstić information content (AvgIpc) is 3.55. The van der Waals surface area contributed by atoms with E-state index in [0.29, 0.717) is 59.0 Å². The highest BCUT2D eigenvalue weighted by Gasteiger charge is 2.67. The predicted octanol–water partition coefficient (Wildman–Crippen LogP) is 6.55. The lowest BCUT2D eigenvalue weighted by atomic mass is 9.95. The summed E-state index contributed by atoms with van der Waals surface area (Å²) in [6.45, 7) is 5.51. The maximum absolute atomic E-state index is 14.7. The molecular weight excluding hydrogens is 734 g/mol. The van der Waals surface area contributed by atoms with Gasteiger partial charge in [-0.15, -0.1) is 0 Å². The Kier molecular flexibility index (Phi) is 9.26. The summed E-state index contributed by atoms with van der Waals surface area (Å²) in [7, 11) is 0. The lowest BCUT2D eigenvalue weighted by Gasteiger charge is -2.27. The highest BCUT2D eigenvalue weighted by Crippen LogP contribution is 2.60. The van der Waals surface area contributed by atoms with Crippen molar-refractivity contribution >= 4 is 44.3 Å². The van der Waals surface area contributed by atoms with E-state index in [9.17, 15) is 14.4 Å². The summed E-state index contributed by atoms with van der Waals surface area (Å²) < 4.78 is 8.65. The number of Topliss-reactive ketones (excluding diaryl/α,β-unsaturated/α-hetero) is 2. The largest absolute Gasteiger partial charge is 0.477 e. The molecule has 2 fully saturated rings. The van der Waals surface area contributed by atoms with E-state index in [1.54, 1.807) is 22.0 Å². The molecule has 0 N–H and O–H groups in total. The Morgan fingerprint density at radius 3 is 2.66 bits per heavy atom. The second-order valence-electron chi connectivity index (χ2n) is 14.6. The van der Waals surface area contributed by atoms with Gasteiger partial charge in [0.2, 0.25) is 11.8 Å². The number of aryl methyl sites for hydroxylation is 3. The molecule has 3 aliphatic rings. The minimum absolute atomic E-state index is 0.0620. The molecule has 0 radical (unpaired) electrons. The second kappa shape index (κ2) is 14.0. The summed E-state index contributed by atoms with van der Waals surface area (Å²) in [4.78, 5) is 61.9. The molecule has 8 rings (SSSR count). The van der Waals surface area contributed by atoms with E-state index in [0.717, 1.165) is 52.7 Å². The fourth-order valence-corrected chi connectivity index (χ4v) is 8.31. The van der Waals surface area contributed by atoms with Crippen LogP contribution in [0, 0.1) is 19.3 Å². The minimum Gasteiger partial charge on any atom is -0.477 e. The Morgan fingerprint density at radius 2 is 1.85 bits per heavy atom. The standard InChI is InChI=1S/C41H40BrN7O4/c1-24-13-14-36(42)46-32(24)17-34(51)33-18-41-19-35(41)49(33)38(52)22-48-40-27(9-6-4-5-7-10-30-11-8-12-37(45-30)53-23-41)15-28(29-20-43-26(3)44-21-29)16-31(40)39(47-48)25(2)50/h5,7-8,11-16,20-21,33,35H,4,6,9-10,17-19,22-23H2,1-3H3/t33-,35+,41-/m0/s1. The van der Waals surface area contributed by atoms with E-state index >= 15 is 0 Å². The molecule has 4 bridgehead atoms. The van der Waals surface area contributed by atoms with E-state index in [-0.39, 0.29) is 41.9 Å². The van der Waals surface area contributed by atoms with Crippen molar-refractivity contribution in [1.82, 2.24) is 34.6 Å². The highest BCUT2D eigenvalue weighted by atomic mass is 79.9. The van der Waals surface area contributed by atoms with Crippen molar-refractivity contribution in [2.75, 3.05) is 6.61 Å². The third-order valence-electron chi connectivity index (χ3n) is 10.8. The van der Waals surface area contributed by atoms with Gasteiger partial charge in [0.15, 0.2) is 11.6 Å². The Balaban J connectivity index is 1.21. The Bertz CT molecular complexity index is 2300. The van der Waals surface area contributed by atoms with Crippen molar-refractivity contribution in [3.8, 4) is 17.0 Å². The van der Waals surface area contributed by atoms with Crippen LogP contribution in [0.3, 0.4) is 0 Å². The molecule has 4 aromatic heterocycles. The van der Waals surface area contributed by atoms with E-state index in [1.165, 1.54) is 6.92 Å². The zero-order valence-electron chi connectivity index (χ0n) is 30.0. The van der Waals surface area contributed by atoms with Crippen LogP contribution in [0.5, 0.6) is 5.88 Å². The van der Waals surface area contributed by atoms with Crippen molar-refractivity contribution in [2.45, 2.75) is 84.3 Å². The maximum Gasteiger partial charge on any atom is 0.245 e. The van der Waals surface area contributed by atoms with E-state index < -0.39 is 6.04 Å². The van der Waals surface area contributed by atoms with Crippen molar-refractivity contribution < 1.29 is 19.1 Å². The Morgan fingerprint density at radius 1 is 1.02 bits per heavy atom. The van der Waals surface area contributed by atoms with E-state index in [2.05, 4.69) is 49.1 Å². The van der Waals surface area contributed by atoms with Crippen LogP contribution in [0.2, 0.25) is 0 Å². The average molecular weight is 775 g/mol. The van der Waals surface area contributed by atoms with Gasteiger partial charge >= 0.3 is 0 Å². The van der Waals surface area contributed by atoms with Crippen LogP contribution < -0.4 is 4.74 Å². The van der Waals surface area contributed by atoms with Crippen LogP contribution in [-0.4, -0.2) is 70.8 Å². The third-order valence-corrected chi connectivity index (χ3v) is 11.3. The Hall–Kier alpha value is -5.10. The number of ether oxygens (including phenoxy) is 1. The van der Waals surface area contributed by atoms with Crippen LogP contribution in [0.25, 0.3) is 22.0 Å². The number of carbonyl (C=O) groups excluding carboxylic acids is 3. The summed E-state index contributed by atoms with van der Waals surface area (Å²) in [5.41, 5.74) is 5.88. The van der Waals surface area contributed by atoms with Crippen molar-refractivity contribution in [3.05, 3.63) is 106 Å². The summed E-state index contributed by atoms with van der Waals surface area (Å²) >= 11 is 3.44. The van der Waals surface area contributed by atoms with Crippen LogP contribution in [-0.2, 0) is 35.4 Å². The van der Waals surface area contributed by atoms with Crippen molar-refractivity contribution in [2.24, 2.45) is 5.41 Å². The number of hydrogen-bond acceptors (Lipinski definition) is 9. The van der Waals surface area contributed by atoms with Crippen LogP contribution in [0.15, 0.2) is 71.6 Å². The lowest BCUT2D eigenvalue weighted by molar-refractivity contribution is -0.139. The number of hydrogen-bond donors (Lipinski definition) is 0. The van der Waals surface area contributed by atoms with Crippen LogP contribution >= 0.6 is 15.9 Å².